The first-order valence-electron chi connectivity index (χ1n) is 6.87. The van der Waals surface area contributed by atoms with Crippen molar-refractivity contribution in [2.75, 3.05) is 12.4 Å². The van der Waals surface area contributed by atoms with Crippen molar-refractivity contribution in [3.05, 3.63) is 52.5 Å². The minimum absolute atomic E-state index is 0.204. The van der Waals surface area contributed by atoms with Crippen LogP contribution in [-0.2, 0) is 4.79 Å². The van der Waals surface area contributed by atoms with Crippen molar-refractivity contribution < 1.29 is 14.3 Å². The summed E-state index contributed by atoms with van der Waals surface area (Å²) in [5.41, 5.74) is 1.80. The van der Waals surface area contributed by atoms with Crippen LogP contribution in [-0.4, -0.2) is 19.1 Å². The van der Waals surface area contributed by atoms with E-state index in [1.807, 2.05) is 37.3 Å². The molecule has 116 valence electrons. The molecule has 0 bridgehead atoms. The molecule has 0 spiro atoms. The summed E-state index contributed by atoms with van der Waals surface area (Å²) in [6.07, 6.45) is -0.615. The summed E-state index contributed by atoms with van der Waals surface area (Å²) >= 11 is 3.43. The number of anilines is 1. The lowest BCUT2D eigenvalue weighted by Gasteiger charge is -2.15. The van der Waals surface area contributed by atoms with Crippen LogP contribution in [0.25, 0.3) is 0 Å². The van der Waals surface area contributed by atoms with Gasteiger partial charge < -0.3 is 14.8 Å². The molecule has 0 saturated heterocycles. The van der Waals surface area contributed by atoms with E-state index in [1.54, 1.807) is 26.2 Å². The molecule has 1 N–H and O–H groups in total. The Hall–Kier alpha value is -2.01. The van der Waals surface area contributed by atoms with Crippen molar-refractivity contribution in [2.24, 2.45) is 0 Å². The molecule has 0 radical (unpaired) electrons. The van der Waals surface area contributed by atoms with E-state index in [9.17, 15) is 4.79 Å². The van der Waals surface area contributed by atoms with Gasteiger partial charge in [-0.2, -0.15) is 0 Å². The van der Waals surface area contributed by atoms with Crippen LogP contribution in [0.2, 0.25) is 0 Å². The summed E-state index contributed by atoms with van der Waals surface area (Å²) in [4.78, 5) is 12.2. The maximum atomic E-state index is 12.2. The average Bonchev–Trinajstić information content (AvgIpc) is 2.51. The number of hydrogen-bond acceptors (Lipinski definition) is 3. The summed E-state index contributed by atoms with van der Waals surface area (Å²) in [7, 11) is 1.59. The first-order chi connectivity index (χ1) is 10.5. The minimum atomic E-state index is -0.615. The van der Waals surface area contributed by atoms with E-state index >= 15 is 0 Å². The van der Waals surface area contributed by atoms with E-state index in [2.05, 4.69) is 21.2 Å². The Balaban J connectivity index is 2.00. The standard InChI is InChI=1S/C17H18BrNO3/c1-11-9-13(7-8-16(11)18)19-17(20)12(2)22-15-6-4-5-14(10-15)21-3/h4-10,12H,1-3H3,(H,19,20). The Labute approximate surface area is 138 Å². The Kier molecular flexibility index (Phi) is 5.44. The van der Waals surface area contributed by atoms with Crippen molar-refractivity contribution in [1.82, 2.24) is 0 Å². The van der Waals surface area contributed by atoms with Crippen molar-refractivity contribution in [3.63, 3.8) is 0 Å². The van der Waals surface area contributed by atoms with Crippen molar-refractivity contribution in [2.45, 2.75) is 20.0 Å². The number of halogens is 1. The molecule has 0 fully saturated rings. The summed E-state index contributed by atoms with van der Waals surface area (Å²) < 4.78 is 11.8. The molecule has 2 aromatic rings. The van der Waals surface area contributed by atoms with Gasteiger partial charge in [0.15, 0.2) is 6.10 Å². The van der Waals surface area contributed by atoms with Crippen LogP contribution >= 0.6 is 15.9 Å². The zero-order valence-electron chi connectivity index (χ0n) is 12.7. The van der Waals surface area contributed by atoms with Gasteiger partial charge in [-0.1, -0.05) is 22.0 Å². The molecular weight excluding hydrogens is 346 g/mol. The fourth-order valence-corrected chi connectivity index (χ4v) is 2.15. The highest BCUT2D eigenvalue weighted by atomic mass is 79.9. The number of rotatable bonds is 5. The van der Waals surface area contributed by atoms with E-state index in [-0.39, 0.29) is 5.91 Å². The van der Waals surface area contributed by atoms with Gasteiger partial charge in [0.25, 0.3) is 5.91 Å². The quantitative estimate of drug-likeness (QED) is 0.866. The highest BCUT2D eigenvalue weighted by Gasteiger charge is 2.15. The molecule has 22 heavy (non-hydrogen) atoms. The predicted octanol–water partition coefficient (Wildman–Crippen LogP) is 4.17. The molecule has 1 unspecified atom stereocenters. The maximum absolute atomic E-state index is 12.2. The van der Waals surface area contributed by atoms with Crippen molar-refractivity contribution >= 4 is 27.5 Å². The molecule has 0 aromatic heterocycles. The third-order valence-electron chi connectivity index (χ3n) is 3.15. The third-order valence-corrected chi connectivity index (χ3v) is 4.04. The number of amides is 1. The molecule has 0 aliphatic carbocycles. The summed E-state index contributed by atoms with van der Waals surface area (Å²) in [5.74, 6) is 1.08. The second-order valence-corrected chi connectivity index (χ2v) is 5.75. The predicted molar refractivity (Wildman–Crippen MR) is 90.6 cm³/mol. The number of hydrogen-bond donors (Lipinski definition) is 1. The smallest absolute Gasteiger partial charge is 0.265 e. The Morgan fingerprint density at radius 2 is 1.91 bits per heavy atom. The molecule has 0 aliphatic rings. The molecule has 1 atom stereocenters. The monoisotopic (exact) mass is 363 g/mol. The lowest BCUT2D eigenvalue weighted by molar-refractivity contribution is -0.122. The Bertz CT molecular complexity index is 673. The van der Waals surface area contributed by atoms with Gasteiger partial charge in [-0.15, -0.1) is 0 Å². The minimum Gasteiger partial charge on any atom is -0.497 e. The first-order valence-corrected chi connectivity index (χ1v) is 7.66. The highest BCUT2D eigenvalue weighted by molar-refractivity contribution is 9.10. The zero-order chi connectivity index (χ0) is 16.1. The summed E-state index contributed by atoms with van der Waals surface area (Å²) in [5, 5.41) is 2.84. The topological polar surface area (TPSA) is 47.6 Å². The molecule has 4 nitrogen and oxygen atoms in total. The van der Waals surface area contributed by atoms with Crippen molar-refractivity contribution in [1.29, 1.82) is 0 Å². The van der Waals surface area contributed by atoms with Crippen LogP contribution in [0, 0.1) is 6.92 Å². The molecule has 2 aromatic carbocycles. The second kappa shape index (κ2) is 7.31. The molecule has 0 saturated carbocycles. The number of ether oxygens (including phenoxy) is 2. The van der Waals surface area contributed by atoms with Gasteiger partial charge in [-0.3, -0.25) is 4.79 Å². The number of methoxy groups -OCH3 is 1. The van der Waals surface area contributed by atoms with E-state index in [0.29, 0.717) is 11.5 Å². The van der Waals surface area contributed by atoms with Crippen LogP contribution in [0.3, 0.4) is 0 Å². The summed E-state index contributed by atoms with van der Waals surface area (Å²) in [6, 6.07) is 12.8. The van der Waals surface area contributed by atoms with E-state index in [0.717, 1.165) is 15.7 Å². The van der Waals surface area contributed by atoms with Gasteiger partial charge in [0, 0.05) is 16.2 Å². The third kappa shape index (κ3) is 4.24. The molecule has 2 rings (SSSR count). The molecule has 0 heterocycles. The fraction of sp³-hybridized carbons (Fsp3) is 0.235. The Morgan fingerprint density at radius 3 is 2.59 bits per heavy atom. The normalized spacial score (nSPS) is 11.6. The van der Waals surface area contributed by atoms with Gasteiger partial charge in [0.2, 0.25) is 0 Å². The van der Waals surface area contributed by atoms with Gasteiger partial charge >= 0.3 is 0 Å². The second-order valence-electron chi connectivity index (χ2n) is 4.89. The van der Waals surface area contributed by atoms with Gasteiger partial charge in [0.05, 0.1) is 7.11 Å². The van der Waals surface area contributed by atoms with Crippen LogP contribution in [0.1, 0.15) is 12.5 Å². The molecular formula is C17H18BrNO3. The van der Waals surface area contributed by atoms with Crippen molar-refractivity contribution in [3.8, 4) is 11.5 Å². The molecule has 5 heteroatoms. The zero-order valence-corrected chi connectivity index (χ0v) is 14.3. The number of carbonyl (C=O) groups excluding carboxylic acids is 1. The lowest BCUT2D eigenvalue weighted by atomic mass is 10.2. The summed E-state index contributed by atoms with van der Waals surface area (Å²) in [6.45, 7) is 3.68. The van der Waals surface area contributed by atoms with E-state index < -0.39 is 6.10 Å². The largest absolute Gasteiger partial charge is 0.497 e. The van der Waals surface area contributed by atoms with Gasteiger partial charge in [0.1, 0.15) is 11.5 Å². The number of nitrogens with one attached hydrogen (secondary N) is 1. The highest BCUT2D eigenvalue weighted by Crippen LogP contribution is 2.22. The van der Waals surface area contributed by atoms with E-state index in [4.69, 9.17) is 9.47 Å². The van der Waals surface area contributed by atoms with Gasteiger partial charge in [-0.05, 0) is 49.7 Å². The van der Waals surface area contributed by atoms with Crippen LogP contribution in [0.4, 0.5) is 5.69 Å². The van der Waals surface area contributed by atoms with E-state index in [1.165, 1.54) is 0 Å². The fourth-order valence-electron chi connectivity index (χ4n) is 1.90. The Morgan fingerprint density at radius 1 is 1.18 bits per heavy atom. The SMILES string of the molecule is COc1cccc(OC(C)C(=O)Nc2ccc(Br)c(C)c2)c1. The number of aryl methyl sites for hydroxylation is 1. The molecule has 1 amide bonds. The van der Waals surface area contributed by atoms with Crippen LogP contribution in [0.15, 0.2) is 46.9 Å². The van der Waals surface area contributed by atoms with Crippen LogP contribution in [0.5, 0.6) is 11.5 Å². The molecule has 0 aliphatic heterocycles. The van der Waals surface area contributed by atoms with Crippen LogP contribution < -0.4 is 14.8 Å². The maximum Gasteiger partial charge on any atom is 0.265 e. The lowest BCUT2D eigenvalue weighted by Crippen LogP contribution is -2.30. The average molecular weight is 364 g/mol. The first kappa shape index (κ1) is 16.4. The number of benzene rings is 2. The van der Waals surface area contributed by atoms with Gasteiger partial charge in [-0.25, -0.2) is 0 Å². The number of carbonyl (C=O) groups is 1.